The molecule has 0 spiro atoms. The van der Waals surface area contributed by atoms with Crippen LogP contribution < -0.4 is 0 Å². The molecule has 0 aromatic heterocycles. The molecule has 0 saturated heterocycles. The van der Waals surface area contributed by atoms with Gasteiger partial charge < -0.3 is 0 Å². The minimum Gasteiger partial charge on any atom is -0.103 e. The van der Waals surface area contributed by atoms with Gasteiger partial charge >= 0.3 is 0 Å². The SMILES string of the molecule is C=CC(CCC#CC1CCCCC1)CC(=C)C. The molecule has 0 aromatic carbocycles. The zero-order valence-corrected chi connectivity index (χ0v) is 11.3. The molecule has 0 heteroatoms. The average molecular weight is 230 g/mol. The normalized spacial score (nSPS) is 17.9. The Labute approximate surface area is 107 Å². The van der Waals surface area contributed by atoms with Gasteiger partial charge in [-0.05, 0) is 38.5 Å². The lowest BCUT2D eigenvalue weighted by Gasteiger charge is -2.15. The van der Waals surface area contributed by atoms with Crippen molar-refractivity contribution in [3.8, 4) is 11.8 Å². The minimum absolute atomic E-state index is 0.563. The Balaban J connectivity index is 2.22. The molecule has 0 heterocycles. The average Bonchev–Trinajstić information content (AvgIpc) is 2.34. The van der Waals surface area contributed by atoms with Gasteiger partial charge in [0, 0.05) is 12.3 Å². The molecule has 94 valence electrons. The van der Waals surface area contributed by atoms with E-state index < -0.39 is 0 Å². The van der Waals surface area contributed by atoms with E-state index in [4.69, 9.17) is 0 Å². The van der Waals surface area contributed by atoms with E-state index >= 15 is 0 Å². The highest BCUT2D eigenvalue weighted by Gasteiger charge is 2.09. The molecule has 1 fully saturated rings. The van der Waals surface area contributed by atoms with Crippen molar-refractivity contribution >= 4 is 0 Å². The molecule has 1 aliphatic rings. The Morgan fingerprint density at radius 1 is 1.35 bits per heavy atom. The third kappa shape index (κ3) is 6.37. The van der Waals surface area contributed by atoms with Gasteiger partial charge in [-0.1, -0.05) is 36.8 Å². The molecule has 0 radical (unpaired) electrons. The van der Waals surface area contributed by atoms with Crippen LogP contribution in [0.1, 0.15) is 58.3 Å². The fourth-order valence-corrected chi connectivity index (χ4v) is 2.47. The van der Waals surface area contributed by atoms with Gasteiger partial charge in [-0.25, -0.2) is 0 Å². The lowest BCUT2D eigenvalue weighted by molar-refractivity contribution is 0.430. The summed E-state index contributed by atoms with van der Waals surface area (Å²) in [5, 5.41) is 0. The molecule has 0 bridgehead atoms. The Hall–Kier alpha value is -0.960. The molecule has 17 heavy (non-hydrogen) atoms. The summed E-state index contributed by atoms with van der Waals surface area (Å²) in [5.41, 5.74) is 1.25. The topological polar surface area (TPSA) is 0 Å². The van der Waals surface area contributed by atoms with Gasteiger partial charge in [0.1, 0.15) is 0 Å². The van der Waals surface area contributed by atoms with Crippen molar-refractivity contribution in [1.82, 2.24) is 0 Å². The van der Waals surface area contributed by atoms with Crippen LogP contribution in [0.15, 0.2) is 24.8 Å². The zero-order chi connectivity index (χ0) is 12.5. The first kappa shape index (κ1) is 14.1. The Morgan fingerprint density at radius 2 is 2.06 bits per heavy atom. The van der Waals surface area contributed by atoms with Crippen LogP contribution in [0.25, 0.3) is 0 Å². The predicted octanol–water partition coefficient (Wildman–Crippen LogP) is 5.12. The van der Waals surface area contributed by atoms with Crippen LogP contribution in [0.4, 0.5) is 0 Å². The van der Waals surface area contributed by atoms with Gasteiger partial charge in [-0.15, -0.1) is 19.1 Å². The second-order valence-corrected chi connectivity index (χ2v) is 5.35. The van der Waals surface area contributed by atoms with Crippen molar-refractivity contribution in [3.63, 3.8) is 0 Å². The Bertz CT molecular complexity index is 294. The van der Waals surface area contributed by atoms with Crippen molar-refractivity contribution in [1.29, 1.82) is 0 Å². The molecule has 0 N–H and O–H groups in total. The zero-order valence-electron chi connectivity index (χ0n) is 11.3. The van der Waals surface area contributed by atoms with Crippen LogP contribution in [0.5, 0.6) is 0 Å². The standard InChI is InChI=1S/C17H26/c1-4-16(14-15(2)3)10-8-9-13-17-11-6-5-7-12-17/h4,16-17H,1-2,5-8,10-12,14H2,3H3. The molecular weight excluding hydrogens is 204 g/mol. The van der Waals surface area contributed by atoms with E-state index in [0.29, 0.717) is 11.8 Å². The molecule has 1 saturated carbocycles. The summed E-state index contributed by atoms with van der Waals surface area (Å²) in [7, 11) is 0. The first-order valence-corrected chi connectivity index (χ1v) is 6.97. The van der Waals surface area contributed by atoms with E-state index in [-0.39, 0.29) is 0 Å². The van der Waals surface area contributed by atoms with E-state index in [1.165, 1.54) is 37.7 Å². The number of hydrogen-bond donors (Lipinski definition) is 0. The fourth-order valence-electron chi connectivity index (χ4n) is 2.47. The second-order valence-electron chi connectivity index (χ2n) is 5.35. The van der Waals surface area contributed by atoms with Crippen LogP contribution >= 0.6 is 0 Å². The second kappa shape index (κ2) is 8.18. The van der Waals surface area contributed by atoms with Gasteiger partial charge in [0.05, 0.1) is 0 Å². The summed E-state index contributed by atoms with van der Waals surface area (Å²) < 4.78 is 0. The molecule has 0 nitrogen and oxygen atoms in total. The quantitative estimate of drug-likeness (QED) is 0.454. The summed E-state index contributed by atoms with van der Waals surface area (Å²) in [6.07, 6.45) is 12.1. The molecule has 1 atom stereocenters. The molecular formula is C17H26. The summed E-state index contributed by atoms with van der Waals surface area (Å²) in [6.45, 7) is 9.94. The molecule has 0 amide bonds. The van der Waals surface area contributed by atoms with Crippen molar-refractivity contribution in [2.24, 2.45) is 11.8 Å². The monoisotopic (exact) mass is 230 g/mol. The molecule has 1 aliphatic carbocycles. The summed E-state index contributed by atoms with van der Waals surface area (Å²) in [5.74, 6) is 8.06. The maximum absolute atomic E-state index is 3.96. The van der Waals surface area contributed by atoms with E-state index in [0.717, 1.165) is 19.3 Å². The summed E-state index contributed by atoms with van der Waals surface area (Å²) in [6, 6.07) is 0. The largest absolute Gasteiger partial charge is 0.103 e. The van der Waals surface area contributed by atoms with Gasteiger partial charge in [-0.3, -0.25) is 0 Å². The lowest BCUT2D eigenvalue weighted by atomic mass is 9.89. The van der Waals surface area contributed by atoms with Gasteiger partial charge in [0.2, 0.25) is 0 Å². The smallest absolute Gasteiger partial charge is 0.0202 e. The third-order valence-corrected chi connectivity index (χ3v) is 3.50. The number of hydrogen-bond acceptors (Lipinski definition) is 0. The van der Waals surface area contributed by atoms with Crippen LogP contribution in [0, 0.1) is 23.7 Å². The molecule has 0 aromatic rings. The minimum atomic E-state index is 0.563. The van der Waals surface area contributed by atoms with Crippen LogP contribution in [-0.4, -0.2) is 0 Å². The Morgan fingerprint density at radius 3 is 2.65 bits per heavy atom. The van der Waals surface area contributed by atoms with Crippen LogP contribution in [-0.2, 0) is 0 Å². The molecule has 0 aliphatic heterocycles. The predicted molar refractivity (Wildman–Crippen MR) is 76.7 cm³/mol. The fraction of sp³-hybridized carbons (Fsp3) is 0.647. The van der Waals surface area contributed by atoms with Crippen LogP contribution in [0.3, 0.4) is 0 Å². The lowest BCUT2D eigenvalue weighted by Crippen LogP contribution is -2.03. The third-order valence-electron chi connectivity index (χ3n) is 3.50. The maximum atomic E-state index is 3.96. The van der Waals surface area contributed by atoms with Gasteiger partial charge in [0.15, 0.2) is 0 Å². The summed E-state index contributed by atoms with van der Waals surface area (Å²) >= 11 is 0. The highest BCUT2D eigenvalue weighted by atomic mass is 14.1. The van der Waals surface area contributed by atoms with E-state index in [2.05, 4.69) is 38.0 Å². The molecule has 1 rings (SSSR count). The van der Waals surface area contributed by atoms with Crippen LogP contribution in [0.2, 0.25) is 0 Å². The van der Waals surface area contributed by atoms with Crippen molar-refractivity contribution in [2.45, 2.75) is 58.3 Å². The first-order valence-electron chi connectivity index (χ1n) is 6.97. The highest BCUT2D eigenvalue weighted by Crippen LogP contribution is 2.23. The van der Waals surface area contributed by atoms with E-state index in [1.807, 2.05) is 0 Å². The first-order chi connectivity index (χ1) is 8.22. The Kier molecular flexibility index (Phi) is 6.78. The number of rotatable bonds is 5. The maximum Gasteiger partial charge on any atom is 0.0202 e. The van der Waals surface area contributed by atoms with Crippen molar-refractivity contribution in [2.75, 3.05) is 0 Å². The van der Waals surface area contributed by atoms with Crippen molar-refractivity contribution in [3.05, 3.63) is 24.8 Å². The van der Waals surface area contributed by atoms with E-state index in [1.54, 1.807) is 0 Å². The van der Waals surface area contributed by atoms with E-state index in [9.17, 15) is 0 Å². The van der Waals surface area contributed by atoms with Gasteiger partial charge in [-0.2, -0.15) is 0 Å². The number of allylic oxidation sites excluding steroid dienone is 2. The van der Waals surface area contributed by atoms with Crippen molar-refractivity contribution < 1.29 is 0 Å². The summed E-state index contributed by atoms with van der Waals surface area (Å²) in [4.78, 5) is 0. The molecule has 1 unspecified atom stereocenters. The highest BCUT2D eigenvalue weighted by molar-refractivity contribution is 5.05. The van der Waals surface area contributed by atoms with Gasteiger partial charge in [0.25, 0.3) is 0 Å².